The van der Waals surface area contributed by atoms with Crippen LogP contribution in [-0.4, -0.2) is 62.7 Å². The first-order valence-electron chi connectivity index (χ1n) is 10.7. The highest BCUT2D eigenvalue weighted by Crippen LogP contribution is 2.32. The van der Waals surface area contributed by atoms with Gasteiger partial charge in [-0.05, 0) is 23.8 Å². The molecule has 2 N–H and O–H groups in total. The summed E-state index contributed by atoms with van der Waals surface area (Å²) in [7, 11) is 0. The van der Waals surface area contributed by atoms with E-state index in [4.69, 9.17) is 5.11 Å². The monoisotopic (exact) mass is 439 g/mol. The van der Waals surface area contributed by atoms with Gasteiger partial charge >= 0.3 is 11.9 Å². The summed E-state index contributed by atoms with van der Waals surface area (Å²) in [6, 6.07) is 13.5. The summed E-state index contributed by atoms with van der Waals surface area (Å²) in [5.74, 6) is -2.38. The second kappa shape index (κ2) is 9.50. The predicted molar refractivity (Wildman–Crippen MR) is 118 cm³/mol. The summed E-state index contributed by atoms with van der Waals surface area (Å²) in [5.41, 5.74) is 2.30. The Morgan fingerprint density at radius 1 is 1.00 bits per heavy atom. The fourth-order valence-electron chi connectivity index (χ4n) is 4.42. The molecule has 168 valence electrons. The van der Waals surface area contributed by atoms with E-state index in [1.165, 1.54) is 17.7 Å². The van der Waals surface area contributed by atoms with E-state index in [2.05, 4.69) is 17.0 Å². The zero-order valence-corrected chi connectivity index (χ0v) is 17.7. The molecule has 4 rings (SSSR count). The van der Waals surface area contributed by atoms with Gasteiger partial charge in [0.25, 0.3) is 0 Å². The van der Waals surface area contributed by atoms with Crippen molar-refractivity contribution >= 4 is 22.8 Å². The van der Waals surface area contributed by atoms with E-state index in [9.17, 15) is 19.1 Å². The number of aryl methyl sites for hydroxylation is 1. The highest BCUT2D eigenvalue weighted by Gasteiger charge is 2.32. The number of carboxylic acids is 2. The average Bonchev–Trinajstić information content (AvgIpc) is 3.11. The van der Waals surface area contributed by atoms with Gasteiger partial charge in [0.1, 0.15) is 11.9 Å². The fraction of sp³-hybridized carbons (Fsp3) is 0.333. The summed E-state index contributed by atoms with van der Waals surface area (Å²) >= 11 is 0. The molecule has 2 heterocycles. The summed E-state index contributed by atoms with van der Waals surface area (Å²) in [4.78, 5) is 27.6. The third-order valence-electron chi connectivity index (χ3n) is 5.99. The lowest BCUT2D eigenvalue weighted by Crippen LogP contribution is -2.48. The van der Waals surface area contributed by atoms with Crippen molar-refractivity contribution in [2.24, 2.45) is 0 Å². The molecule has 7 nitrogen and oxygen atoms in total. The summed E-state index contributed by atoms with van der Waals surface area (Å²) in [6.45, 7) is 3.63. The number of piperazine rings is 1. The van der Waals surface area contributed by atoms with Crippen LogP contribution in [0.4, 0.5) is 4.39 Å². The second-order valence-corrected chi connectivity index (χ2v) is 8.12. The van der Waals surface area contributed by atoms with Crippen LogP contribution >= 0.6 is 0 Å². The van der Waals surface area contributed by atoms with Crippen LogP contribution in [0.5, 0.6) is 0 Å². The molecule has 0 aliphatic carbocycles. The van der Waals surface area contributed by atoms with Gasteiger partial charge in [0.2, 0.25) is 0 Å². The zero-order valence-electron chi connectivity index (χ0n) is 17.7. The third-order valence-corrected chi connectivity index (χ3v) is 5.99. The van der Waals surface area contributed by atoms with E-state index in [1.807, 2.05) is 23.1 Å². The number of hydrogen-bond acceptors (Lipinski definition) is 4. The lowest BCUT2D eigenvalue weighted by molar-refractivity contribution is -0.144. The maximum absolute atomic E-state index is 13.9. The largest absolute Gasteiger partial charge is 0.481 e. The van der Waals surface area contributed by atoms with Crippen molar-refractivity contribution in [3.8, 4) is 0 Å². The Kier molecular flexibility index (Phi) is 6.53. The van der Waals surface area contributed by atoms with E-state index in [-0.39, 0.29) is 13.0 Å². The van der Waals surface area contributed by atoms with Crippen LogP contribution in [0.2, 0.25) is 0 Å². The molecule has 1 atom stereocenters. The Morgan fingerprint density at radius 3 is 2.38 bits per heavy atom. The molecule has 1 saturated heterocycles. The number of aromatic nitrogens is 1. The Morgan fingerprint density at radius 2 is 1.72 bits per heavy atom. The smallest absolute Gasteiger partial charge is 0.325 e. The minimum absolute atomic E-state index is 0.129. The molecule has 0 radical (unpaired) electrons. The molecule has 0 saturated carbocycles. The standard InChI is InChI=1S/C24H26FN3O4/c25-18-6-7-19-20(16-28(21(19)14-18)9-8-22(29)30)23(24(31)32)27-12-10-26(11-13-27)15-17-4-2-1-3-5-17/h1-7,14,16,23H,8-13,15H2,(H,29,30)(H,31,32). The fourth-order valence-corrected chi connectivity index (χ4v) is 4.42. The van der Waals surface area contributed by atoms with E-state index in [0.29, 0.717) is 29.6 Å². The number of fused-ring (bicyclic) bond motifs is 1. The number of hydrogen-bond donors (Lipinski definition) is 2. The molecule has 1 aromatic heterocycles. The molecule has 1 aliphatic heterocycles. The topological polar surface area (TPSA) is 86.0 Å². The van der Waals surface area contributed by atoms with Crippen LogP contribution in [0.3, 0.4) is 0 Å². The van der Waals surface area contributed by atoms with E-state index >= 15 is 0 Å². The van der Waals surface area contributed by atoms with Crippen LogP contribution in [0.25, 0.3) is 10.9 Å². The molecule has 1 aliphatic rings. The SMILES string of the molecule is O=C(O)CCn1cc(C(C(=O)O)N2CCN(Cc3ccccc3)CC2)c2ccc(F)cc21. The average molecular weight is 439 g/mol. The van der Waals surface area contributed by atoms with Gasteiger partial charge in [-0.2, -0.15) is 0 Å². The van der Waals surface area contributed by atoms with Crippen LogP contribution in [0.1, 0.15) is 23.6 Å². The first-order chi connectivity index (χ1) is 15.4. The van der Waals surface area contributed by atoms with Crippen molar-refractivity contribution in [1.82, 2.24) is 14.4 Å². The van der Waals surface area contributed by atoms with Crippen LogP contribution < -0.4 is 0 Å². The van der Waals surface area contributed by atoms with Crippen molar-refractivity contribution in [3.05, 3.63) is 71.7 Å². The van der Waals surface area contributed by atoms with Crippen molar-refractivity contribution < 1.29 is 24.2 Å². The molecular weight excluding hydrogens is 413 g/mol. The first kappa shape index (κ1) is 22.0. The Hall–Kier alpha value is -3.23. The van der Waals surface area contributed by atoms with Gasteiger partial charge in [-0.25, -0.2) is 4.39 Å². The number of halogens is 1. The molecule has 8 heteroatoms. The minimum Gasteiger partial charge on any atom is -0.481 e. The number of aliphatic carboxylic acids is 2. The molecule has 32 heavy (non-hydrogen) atoms. The molecule has 3 aromatic rings. The number of benzene rings is 2. The maximum Gasteiger partial charge on any atom is 0.325 e. The summed E-state index contributed by atoms with van der Waals surface area (Å²) in [6.07, 6.45) is 1.54. The van der Waals surface area contributed by atoms with Gasteiger partial charge in [0.15, 0.2) is 0 Å². The van der Waals surface area contributed by atoms with Crippen LogP contribution in [0, 0.1) is 5.82 Å². The van der Waals surface area contributed by atoms with E-state index in [1.54, 1.807) is 16.8 Å². The molecule has 2 aromatic carbocycles. The normalized spacial score (nSPS) is 16.3. The number of carboxylic acid groups (broad SMARTS) is 2. The minimum atomic E-state index is -0.969. The molecular formula is C24H26FN3O4. The maximum atomic E-state index is 13.9. The Balaban J connectivity index is 1.56. The molecule has 0 amide bonds. The van der Waals surface area contributed by atoms with E-state index < -0.39 is 23.8 Å². The van der Waals surface area contributed by atoms with Gasteiger partial charge in [-0.3, -0.25) is 19.4 Å². The third kappa shape index (κ3) is 4.81. The van der Waals surface area contributed by atoms with Gasteiger partial charge in [0.05, 0.1) is 11.9 Å². The van der Waals surface area contributed by atoms with Crippen LogP contribution in [-0.2, 0) is 22.7 Å². The number of carbonyl (C=O) groups is 2. The van der Waals surface area contributed by atoms with Crippen molar-refractivity contribution in [3.63, 3.8) is 0 Å². The van der Waals surface area contributed by atoms with Crippen molar-refractivity contribution in [2.45, 2.75) is 25.6 Å². The highest BCUT2D eigenvalue weighted by molar-refractivity contribution is 5.90. The number of rotatable bonds is 8. The van der Waals surface area contributed by atoms with E-state index in [0.717, 1.165) is 19.6 Å². The van der Waals surface area contributed by atoms with Crippen LogP contribution in [0.15, 0.2) is 54.7 Å². The predicted octanol–water partition coefficient (Wildman–Crippen LogP) is 3.20. The molecule has 1 unspecified atom stereocenters. The quantitative estimate of drug-likeness (QED) is 0.561. The zero-order chi connectivity index (χ0) is 22.7. The van der Waals surface area contributed by atoms with Gasteiger partial charge in [0, 0.05) is 56.4 Å². The van der Waals surface area contributed by atoms with Gasteiger partial charge in [-0.15, -0.1) is 0 Å². The highest BCUT2D eigenvalue weighted by atomic mass is 19.1. The lowest BCUT2D eigenvalue weighted by atomic mass is 10.0. The summed E-state index contributed by atoms with van der Waals surface area (Å²) < 4.78 is 15.5. The Labute approximate surface area is 185 Å². The molecule has 0 spiro atoms. The summed E-state index contributed by atoms with van der Waals surface area (Å²) in [5, 5.41) is 19.8. The molecule has 0 bridgehead atoms. The lowest BCUT2D eigenvalue weighted by Gasteiger charge is -2.37. The molecule has 1 fully saturated rings. The Bertz CT molecular complexity index is 1110. The number of nitrogens with zero attached hydrogens (tertiary/aromatic N) is 3. The van der Waals surface area contributed by atoms with Gasteiger partial charge in [-0.1, -0.05) is 30.3 Å². The van der Waals surface area contributed by atoms with Crippen molar-refractivity contribution in [2.75, 3.05) is 26.2 Å². The first-order valence-corrected chi connectivity index (χ1v) is 10.7. The van der Waals surface area contributed by atoms with Gasteiger partial charge < -0.3 is 14.8 Å². The van der Waals surface area contributed by atoms with Crippen molar-refractivity contribution in [1.29, 1.82) is 0 Å². The second-order valence-electron chi connectivity index (χ2n) is 8.12.